The van der Waals surface area contributed by atoms with Gasteiger partial charge < -0.3 is 10.2 Å². The summed E-state index contributed by atoms with van der Waals surface area (Å²) in [5.74, 6) is -1.27. The molecule has 1 atom stereocenters. The predicted octanol–water partition coefficient (Wildman–Crippen LogP) is 3.53. The molecule has 0 spiro atoms. The van der Waals surface area contributed by atoms with Crippen LogP contribution in [0.5, 0.6) is 0 Å². The Morgan fingerprint density at radius 3 is 2.58 bits per heavy atom. The standard InChI is InChI=1S/C18H22ClFN2O2/c19-13-8-4-9-14(20)16(13)18(24)22-11-5-10-15(22)17(23)21-12-6-2-1-3-7-12/h4,8-9,12,15H,1-3,5-7,10-11H2,(H,21,23)/t15-/m0/s1. The maximum absolute atomic E-state index is 14.0. The first-order valence-electron chi connectivity index (χ1n) is 8.63. The topological polar surface area (TPSA) is 49.4 Å². The molecule has 1 saturated carbocycles. The zero-order valence-electron chi connectivity index (χ0n) is 13.6. The molecular weight excluding hydrogens is 331 g/mol. The van der Waals surface area contributed by atoms with E-state index in [1.54, 1.807) is 0 Å². The van der Waals surface area contributed by atoms with Gasteiger partial charge in [-0.3, -0.25) is 9.59 Å². The number of rotatable bonds is 3. The Bertz CT molecular complexity index is 611. The summed E-state index contributed by atoms with van der Waals surface area (Å²) in [7, 11) is 0. The maximum Gasteiger partial charge on any atom is 0.259 e. The van der Waals surface area contributed by atoms with Gasteiger partial charge in [-0.15, -0.1) is 0 Å². The van der Waals surface area contributed by atoms with Crippen LogP contribution in [-0.4, -0.2) is 35.3 Å². The van der Waals surface area contributed by atoms with Crippen LogP contribution in [0.1, 0.15) is 55.3 Å². The summed E-state index contributed by atoms with van der Waals surface area (Å²) < 4.78 is 14.0. The van der Waals surface area contributed by atoms with Crippen molar-refractivity contribution in [1.82, 2.24) is 10.2 Å². The predicted molar refractivity (Wildman–Crippen MR) is 90.5 cm³/mol. The van der Waals surface area contributed by atoms with Crippen LogP contribution in [-0.2, 0) is 4.79 Å². The molecular formula is C18H22ClFN2O2. The van der Waals surface area contributed by atoms with E-state index in [4.69, 9.17) is 11.6 Å². The molecule has 1 aromatic rings. The second kappa shape index (κ2) is 7.51. The molecule has 0 unspecified atom stereocenters. The van der Waals surface area contributed by atoms with Crippen molar-refractivity contribution >= 4 is 23.4 Å². The molecule has 0 radical (unpaired) electrons. The van der Waals surface area contributed by atoms with Gasteiger partial charge in [0.15, 0.2) is 0 Å². The van der Waals surface area contributed by atoms with Crippen LogP contribution in [0.4, 0.5) is 4.39 Å². The second-order valence-corrected chi connectivity index (χ2v) is 7.00. The average Bonchev–Trinajstić information content (AvgIpc) is 3.05. The summed E-state index contributed by atoms with van der Waals surface area (Å²) in [6.07, 6.45) is 6.80. The fourth-order valence-corrected chi connectivity index (χ4v) is 3.92. The Morgan fingerprint density at radius 2 is 1.88 bits per heavy atom. The third-order valence-electron chi connectivity index (χ3n) is 4.94. The molecule has 130 valence electrons. The molecule has 2 fully saturated rings. The van der Waals surface area contributed by atoms with Crippen molar-refractivity contribution in [2.75, 3.05) is 6.54 Å². The van der Waals surface area contributed by atoms with Crippen LogP contribution in [0.2, 0.25) is 5.02 Å². The van der Waals surface area contributed by atoms with E-state index in [9.17, 15) is 14.0 Å². The van der Waals surface area contributed by atoms with Gasteiger partial charge in [-0.05, 0) is 37.8 Å². The lowest BCUT2D eigenvalue weighted by molar-refractivity contribution is -0.125. The molecule has 4 nitrogen and oxygen atoms in total. The summed E-state index contributed by atoms with van der Waals surface area (Å²) >= 11 is 6.00. The van der Waals surface area contributed by atoms with Gasteiger partial charge >= 0.3 is 0 Å². The molecule has 0 aromatic heterocycles. The molecule has 1 aromatic carbocycles. The number of carbonyl (C=O) groups is 2. The Morgan fingerprint density at radius 1 is 1.12 bits per heavy atom. The summed E-state index contributed by atoms with van der Waals surface area (Å²) in [4.78, 5) is 26.8. The van der Waals surface area contributed by atoms with Gasteiger partial charge in [-0.2, -0.15) is 0 Å². The number of amides is 2. The number of hydrogen-bond acceptors (Lipinski definition) is 2. The van der Waals surface area contributed by atoms with Gasteiger partial charge in [0.25, 0.3) is 5.91 Å². The smallest absolute Gasteiger partial charge is 0.259 e. The Hall–Kier alpha value is -1.62. The van der Waals surface area contributed by atoms with E-state index >= 15 is 0 Å². The number of hydrogen-bond donors (Lipinski definition) is 1. The molecule has 1 heterocycles. The fourth-order valence-electron chi connectivity index (χ4n) is 3.67. The zero-order chi connectivity index (χ0) is 17.1. The third kappa shape index (κ3) is 3.56. The van der Waals surface area contributed by atoms with Crippen LogP contribution in [0.25, 0.3) is 0 Å². The lowest BCUT2D eigenvalue weighted by atomic mass is 9.95. The quantitative estimate of drug-likeness (QED) is 0.904. The highest BCUT2D eigenvalue weighted by atomic mass is 35.5. The Labute approximate surface area is 146 Å². The minimum absolute atomic E-state index is 0.0818. The monoisotopic (exact) mass is 352 g/mol. The number of nitrogens with one attached hydrogen (secondary N) is 1. The minimum atomic E-state index is -0.647. The highest BCUT2D eigenvalue weighted by Gasteiger charge is 2.36. The van der Waals surface area contributed by atoms with E-state index in [2.05, 4.69) is 5.32 Å². The van der Waals surface area contributed by atoms with E-state index in [0.29, 0.717) is 13.0 Å². The molecule has 2 aliphatic rings. The lowest BCUT2D eigenvalue weighted by Crippen LogP contribution is -2.49. The largest absolute Gasteiger partial charge is 0.352 e. The van der Waals surface area contributed by atoms with E-state index in [0.717, 1.165) is 32.1 Å². The van der Waals surface area contributed by atoms with Crippen molar-refractivity contribution in [2.45, 2.75) is 57.0 Å². The molecule has 1 aliphatic heterocycles. The van der Waals surface area contributed by atoms with E-state index in [-0.39, 0.29) is 22.5 Å². The lowest BCUT2D eigenvalue weighted by Gasteiger charge is -2.28. The first-order valence-corrected chi connectivity index (χ1v) is 9.01. The number of likely N-dealkylation sites (tertiary alicyclic amines) is 1. The van der Waals surface area contributed by atoms with E-state index in [1.807, 2.05) is 0 Å². The number of nitrogens with zero attached hydrogens (tertiary/aromatic N) is 1. The van der Waals surface area contributed by atoms with Gasteiger partial charge in [0, 0.05) is 12.6 Å². The van der Waals surface area contributed by atoms with Crippen molar-refractivity contribution in [1.29, 1.82) is 0 Å². The number of halogens is 2. The molecule has 1 saturated heterocycles. The molecule has 1 aliphatic carbocycles. The minimum Gasteiger partial charge on any atom is -0.352 e. The van der Waals surface area contributed by atoms with Crippen LogP contribution < -0.4 is 5.32 Å². The SMILES string of the molecule is O=C(NC1CCCCC1)[C@@H]1CCCN1C(=O)c1c(F)cccc1Cl. The summed E-state index contributed by atoms with van der Waals surface area (Å²) in [6.45, 7) is 0.451. The maximum atomic E-state index is 14.0. The van der Waals surface area contributed by atoms with Gasteiger partial charge in [0.1, 0.15) is 11.9 Å². The Balaban J connectivity index is 1.72. The van der Waals surface area contributed by atoms with Gasteiger partial charge in [0.2, 0.25) is 5.91 Å². The highest BCUT2D eigenvalue weighted by molar-refractivity contribution is 6.33. The first-order chi connectivity index (χ1) is 11.6. The summed E-state index contributed by atoms with van der Waals surface area (Å²) in [6, 6.07) is 3.83. The normalized spacial score (nSPS) is 21.8. The van der Waals surface area contributed by atoms with E-state index in [1.165, 1.54) is 29.5 Å². The molecule has 24 heavy (non-hydrogen) atoms. The van der Waals surface area contributed by atoms with Gasteiger partial charge in [-0.25, -0.2) is 4.39 Å². The van der Waals surface area contributed by atoms with Crippen LogP contribution in [0, 0.1) is 5.82 Å². The summed E-state index contributed by atoms with van der Waals surface area (Å²) in [5.41, 5.74) is -0.142. The van der Waals surface area contributed by atoms with Crippen molar-refractivity contribution in [3.8, 4) is 0 Å². The van der Waals surface area contributed by atoms with E-state index < -0.39 is 17.8 Å². The number of benzene rings is 1. The molecule has 1 N–H and O–H groups in total. The van der Waals surface area contributed by atoms with Crippen molar-refractivity contribution in [2.24, 2.45) is 0 Å². The molecule has 0 bridgehead atoms. The van der Waals surface area contributed by atoms with Crippen molar-refractivity contribution in [3.05, 3.63) is 34.6 Å². The molecule has 3 rings (SSSR count). The van der Waals surface area contributed by atoms with Crippen molar-refractivity contribution in [3.63, 3.8) is 0 Å². The summed E-state index contributed by atoms with van der Waals surface area (Å²) in [5, 5.41) is 3.15. The Kier molecular flexibility index (Phi) is 5.39. The van der Waals surface area contributed by atoms with Crippen LogP contribution in [0.3, 0.4) is 0 Å². The fraction of sp³-hybridized carbons (Fsp3) is 0.556. The van der Waals surface area contributed by atoms with Gasteiger partial charge in [0.05, 0.1) is 10.6 Å². The van der Waals surface area contributed by atoms with Crippen LogP contribution >= 0.6 is 11.6 Å². The molecule has 6 heteroatoms. The highest BCUT2D eigenvalue weighted by Crippen LogP contribution is 2.26. The molecule has 2 amide bonds. The average molecular weight is 353 g/mol. The van der Waals surface area contributed by atoms with Crippen LogP contribution in [0.15, 0.2) is 18.2 Å². The third-order valence-corrected chi connectivity index (χ3v) is 5.26. The van der Waals surface area contributed by atoms with Gasteiger partial charge in [-0.1, -0.05) is 36.9 Å². The van der Waals surface area contributed by atoms with Crippen molar-refractivity contribution < 1.29 is 14.0 Å². The second-order valence-electron chi connectivity index (χ2n) is 6.60. The number of carbonyl (C=O) groups excluding carboxylic acids is 2. The first kappa shape index (κ1) is 17.2. The zero-order valence-corrected chi connectivity index (χ0v) is 14.3.